The molecule has 1 saturated carbocycles. The SMILES string of the molecule is CN(CCN(Cc1ccccc1C(F)(F)F)C(=O)CNc1cccc2c1C(=O)N(CC1CC1)CCO2)C(=O)OC(C)(C)C. The molecule has 0 unspecified atom stereocenters. The minimum atomic E-state index is -4.61. The lowest BCUT2D eigenvalue weighted by Gasteiger charge is -2.29. The average molecular weight is 605 g/mol. The van der Waals surface area contributed by atoms with E-state index in [4.69, 9.17) is 9.47 Å². The zero-order valence-corrected chi connectivity index (χ0v) is 25.0. The van der Waals surface area contributed by atoms with Gasteiger partial charge in [0.2, 0.25) is 5.91 Å². The van der Waals surface area contributed by atoms with Crippen molar-refractivity contribution in [3.63, 3.8) is 0 Å². The number of likely N-dealkylation sites (N-methyl/N-ethyl adjacent to an activating group) is 1. The number of hydrogen-bond donors (Lipinski definition) is 1. The summed E-state index contributed by atoms with van der Waals surface area (Å²) < 4.78 is 52.5. The van der Waals surface area contributed by atoms with Gasteiger partial charge in [0, 0.05) is 33.2 Å². The molecular weight excluding hydrogens is 565 g/mol. The number of carbonyl (C=O) groups is 3. The van der Waals surface area contributed by atoms with E-state index in [0.717, 1.165) is 18.9 Å². The summed E-state index contributed by atoms with van der Waals surface area (Å²) in [5.41, 5.74) is -0.920. The molecule has 0 saturated heterocycles. The Morgan fingerprint density at radius 2 is 1.79 bits per heavy atom. The van der Waals surface area contributed by atoms with Crippen LogP contribution in [0, 0.1) is 5.92 Å². The van der Waals surface area contributed by atoms with Gasteiger partial charge >= 0.3 is 12.3 Å². The Morgan fingerprint density at radius 3 is 2.47 bits per heavy atom. The molecule has 2 aromatic carbocycles. The van der Waals surface area contributed by atoms with Crippen molar-refractivity contribution < 1.29 is 37.0 Å². The van der Waals surface area contributed by atoms with E-state index in [1.165, 1.54) is 35.0 Å². The molecule has 4 rings (SSSR count). The van der Waals surface area contributed by atoms with Crippen LogP contribution in [0.25, 0.3) is 0 Å². The number of benzene rings is 2. The molecule has 1 aliphatic carbocycles. The van der Waals surface area contributed by atoms with Crippen LogP contribution in [0.3, 0.4) is 0 Å². The zero-order valence-electron chi connectivity index (χ0n) is 25.0. The van der Waals surface area contributed by atoms with Crippen molar-refractivity contribution in [1.29, 1.82) is 0 Å². The molecule has 0 atom stereocenters. The van der Waals surface area contributed by atoms with E-state index in [9.17, 15) is 27.6 Å². The van der Waals surface area contributed by atoms with Crippen molar-refractivity contribution in [1.82, 2.24) is 14.7 Å². The zero-order chi connectivity index (χ0) is 31.4. The van der Waals surface area contributed by atoms with Gasteiger partial charge in [-0.2, -0.15) is 13.2 Å². The quantitative estimate of drug-likeness (QED) is 0.398. The minimum Gasteiger partial charge on any atom is -0.491 e. The molecule has 1 heterocycles. The molecule has 9 nitrogen and oxygen atoms in total. The number of alkyl halides is 3. The molecule has 2 aliphatic rings. The maximum absolute atomic E-state index is 13.8. The highest BCUT2D eigenvalue weighted by molar-refractivity contribution is 6.03. The maximum atomic E-state index is 13.8. The van der Waals surface area contributed by atoms with Gasteiger partial charge in [-0.3, -0.25) is 9.59 Å². The Morgan fingerprint density at radius 1 is 1.07 bits per heavy atom. The lowest BCUT2D eigenvalue weighted by molar-refractivity contribution is -0.139. The lowest BCUT2D eigenvalue weighted by Crippen LogP contribution is -2.43. The van der Waals surface area contributed by atoms with Crippen LogP contribution in [0.1, 0.15) is 55.1 Å². The Kier molecular flexibility index (Phi) is 9.76. The lowest BCUT2D eigenvalue weighted by atomic mass is 10.1. The van der Waals surface area contributed by atoms with Crippen molar-refractivity contribution in [2.24, 2.45) is 5.92 Å². The summed E-state index contributed by atoms with van der Waals surface area (Å²) in [5.74, 6) is 0.198. The molecule has 3 amide bonds. The molecule has 0 spiro atoms. The van der Waals surface area contributed by atoms with Gasteiger partial charge in [-0.15, -0.1) is 0 Å². The van der Waals surface area contributed by atoms with Gasteiger partial charge in [0.15, 0.2) is 0 Å². The summed E-state index contributed by atoms with van der Waals surface area (Å²) in [4.78, 5) is 43.8. The Balaban J connectivity index is 1.52. The third-order valence-corrected chi connectivity index (χ3v) is 7.20. The summed E-state index contributed by atoms with van der Waals surface area (Å²) in [5, 5.41) is 3.03. The molecule has 0 aromatic heterocycles. The molecule has 0 radical (unpaired) electrons. The second kappa shape index (κ2) is 13.1. The molecular formula is C31H39F3N4O5. The fourth-order valence-corrected chi connectivity index (χ4v) is 4.75. The second-order valence-corrected chi connectivity index (χ2v) is 11.9. The van der Waals surface area contributed by atoms with Crippen LogP contribution in [-0.2, 0) is 22.3 Å². The van der Waals surface area contributed by atoms with E-state index < -0.39 is 29.3 Å². The number of nitrogens with one attached hydrogen (secondary N) is 1. The number of nitrogens with zero attached hydrogens (tertiary/aromatic N) is 3. The standard InChI is InChI=1S/C31H39F3N4O5/c1-30(2,3)43-29(41)36(4)14-15-37(20-22-8-5-6-9-23(22)31(32,33)34)26(39)18-35-24-10-7-11-25-27(24)28(40)38(16-17-42-25)19-21-12-13-21/h5-11,21,35H,12-20H2,1-4H3. The highest BCUT2D eigenvalue weighted by Crippen LogP contribution is 2.35. The van der Waals surface area contributed by atoms with E-state index in [1.54, 1.807) is 43.9 Å². The van der Waals surface area contributed by atoms with E-state index in [0.29, 0.717) is 42.6 Å². The predicted octanol–water partition coefficient (Wildman–Crippen LogP) is 5.26. The first kappa shape index (κ1) is 32.0. The third-order valence-electron chi connectivity index (χ3n) is 7.20. The van der Waals surface area contributed by atoms with E-state index >= 15 is 0 Å². The van der Waals surface area contributed by atoms with Crippen LogP contribution >= 0.6 is 0 Å². The van der Waals surface area contributed by atoms with E-state index in [-0.39, 0.29) is 37.6 Å². The number of carbonyl (C=O) groups excluding carboxylic acids is 3. The fourth-order valence-electron chi connectivity index (χ4n) is 4.75. The van der Waals surface area contributed by atoms with Crippen LogP contribution in [0.5, 0.6) is 5.75 Å². The van der Waals surface area contributed by atoms with Crippen molar-refractivity contribution >= 4 is 23.6 Å². The molecule has 2 aromatic rings. The molecule has 0 bridgehead atoms. The first-order chi connectivity index (χ1) is 20.2. The topological polar surface area (TPSA) is 91.4 Å². The smallest absolute Gasteiger partial charge is 0.416 e. The van der Waals surface area contributed by atoms with Crippen molar-refractivity contribution in [2.45, 2.75) is 51.9 Å². The molecule has 1 N–H and O–H groups in total. The highest BCUT2D eigenvalue weighted by atomic mass is 19.4. The minimum absolute atomic E-state index is 0.0258. The first-order valence-corrected chi connectivity index (χ1v) is 14.4. The summed E-state index contributed by atoms with van der Waals surface area (Å²) in [6, 6.07) is 10.2. The van der Waals surface area contributed by atoms with Gasteiger partial charge in [0.05, 0.1) is 24.3 Å². The number of halogens is 3. The van der Waals surface area contributed by atoms with Gasteiger partial charge in [0.25, 0.3) is 5.91 Å². The number of rotatable bonds is 10. The van der Waals surface area contributed by atoms with Gasteiger partial charge < -0.3 is 29.5 Å². The Labute approximate surface area is 249 Å². The number of amides is 3. The molecule has 43 heavy (non-hydrogen) atoms. The van der Waals surface area contributed by atoms with Crippen LogP contribution in [0.2, 0.25) is 0 Å². The normalized spacial score (nSPS) is 15.2. The Bertz CT molecular complexity index is 1320. The van der Waals surface area contributed by atoms with E-state index in [2.05, 4.69) is 5.32 Å². The molecule has 1 fully saturated rings. The maximum Gasteiger partial charge on any atom is 0.416 e. The summed E-state index contributed by atoms with van der Waals surface area (Å²) in [7, 11) is 1.50. The summed E-state index contributed by atoms with van der Waals surface area (Å²) in [6.45, 7) is 5.97. The van der Waals surface area contributed by atoms with Crippen molar-refractivity contribution in [2.75, 3.05) is 51.7 Å². The number of fused-ring (bicyclic) bond motifs is 1. The average Bonchev–Trinajstić information content (AvgIpc) is 3.77. The van der Waals surface area contributed by atoms with Gasteiger partial charge in [0.1, 0.15) is 23.5 Å². The number of ether oxygens (including phenoxy) is 2. The van der Waals surface area contributed by atoms with Gasteiger partial charge in [-0.25, -0.2) is 4.79 Å². The van der Waals surface area contributed by atoms with Crippen LogP contribution < -0.4 is 10.1 Å². The molecule has 234 valence electrons. The predicted molar refractivity (Wildman–Crippen MR) is 155 cm³/mol. The first-order valence-electron chi connectivity index (χ1n) is 14.4. The van der Waals surface area contributed by atoms with Gasteiger partial charge in [-0.05, 0) is 63.3 Å². The second-order valence-electron chi connectivity index (χ2n) is 11.9. The monoisotopic (exact) mass is 604 g/mol. The van der Waals surface area contributed by atoms with Crippen LogP contribution in [-0.4, -0.2) is 84.6 Å². The summed E-state index contributed by atoms with van der Waals surface area (Å²) in [6.07, 6.45) is -3.05. The number of anilines is 1. The van der Waals surface area contributed by atoms with Gasteiger partial charge in [-0.1, -0.05) is 24.3 Å². The Hall–Kier alpha value is -3.96. The fraction of sp³-hybridized carbons (Fsp3) is 0.516. The summed E-state index contributed by atoms with van der Waals surface area (Å²) >= 11 is 0. The largest absolute Gasteiger partial charge is 0.491 e. The highest BCUT2D eigenvalue weighted by Gasteiger charge is 2.34. The van der Waals surface area contributed by atoms with Crippen molar-refractivity contribution in [3.05, 3.63) is 59.2 Å². The number of hydrogen-bond acceptors (Lipinski definition) is 6. The third kappa shape index (κ3) is 8.77. The molecule has 12 heteroatoms. The molecule has 1 aliphatic heterocycles. The van der Waals surface area contributed by atoms with E-state index in [1.807, 2.05) is 0 Å². The van der Waals surface area contributed by atoms with Crippen LogP contribution in [0.15, 0.2) is 42.5 Å². The van der Waals surface area contributed by atoms with Crippen molar-refractivity contribution in [3.8, 4) is 5.75 Å². The van der Waals surface area contributed by atoms with Crippen LogP contribution in [0.4, 0.5) is 23.7 Å².